The van der Waals surface area contributed by atoms with Crippen molar-refractivity contribution in [2.45, 2.75) is 17.9 Å². The van der Waals surface area contributed by atoms with Gasteiger partial charge in [-0.15, -0.1) is 0 Å². The van der Waals surface area contributed by atoms with Crippen molar-refractivity contribution in [3.63, 3.8) is 0 Å². The van der Waals surface area contributed by atoms with Gasteiger partial charge in [0.15, 0.2) is 6.10 Å². The zero-order valence-electron chi connectivity index (χ0n) is 18.6. The van der Waals surface area contributed by atoms with Crippen LogP contribution < -0.4 is 14.4 Å². The minimum absolute atomic E-state index is 0.144. The van der Waals surface area contributed by atoms with Crippen molar-refractivity contribution in [3.8, 4) is 5.75 Å². The second kappa shape index (κ2) is 10.1. The van der Waals surface area contributed by atoms with Crippen molar-refractivity contribution in [1.29, 1.82) is 0 Å². The highest BCUT2D eigenvalue weighted by Gasteiger charge is 2.26. The molecule has 1 saturated heterocycles. The summed E-state index contributed by atoms with van der Waals surface area (Å²) in [6, 6.07) is 12.2. The topological polar surface area (TPSA) is 122 Å². The summed E-state index contributed by atoms with van der Waals surface area (Å²) in [5.41, 5.74) is 0.899. The van der Waals surface area contributed by atoms with Crippen molar-refractivity contribution in [3.05, 3.63) is 48.5 Å². The summed E-state index contributed by atoms with van der Waals surface area (Å²) in [6.07, 6.45) is 0.259. The standard InChI is InChI=1S/C21H27N3O7S2/c1-16(31-19-8-6-18(7-9-19)23(2)32(3,26)27)21(25)22-17-4-10-20(11-5-17)33(28,29)24-12-14-30-15-13-24/h4-11,16H,12-15H2,1-3H3,(H,22,25). The molecular weight excluding hydrogens is 470 g/mol. The molecule has 1 unspecified atom stereocenters. The lowest BCUT2D eigenvalue weighted by Crippen LogP contribution is -2.40. The summed E-state index contributed by atoms with van der Waals surface area (Å²) >= 11 is 0. The number of amides is 1. The minimum atomic E-state index is -3.61. The number of carbonyl (C=O) groups is 1. The number of ether oxygens (including phenoxy) is 2. The van der Waals surface area contributed by atoms with Crippen molar-refractivity contribution >= 4 is 37.3 Å². The number of hydrogen-bond acceptors (Lipinski definition) is 7. The first-order valence-electron chi connectivity index (χ1n) is 10.2. The van der Waals surface area contributed by atoms with Gasteiger partial charge in [0, 0.05) is 25.8 Å². The second-order valence-electron chi connectivity index (χ2n) is 7.51. The van der Waals surface area contributed by atoms with Gasteiger partial charge in [-0.05, 0) is 55.5 Å². The van der Waals surface area contributed by atoms with Crippen LogP contribution in [-0.2, 0) is 29.6 Å². The summed E-state index contributed by atoms with van der Waals surface area (Å²) in [7, 11) is -5.54. The molecule has 1 N–H and O–H groups in total. The van der Waals surface area contributed by atoms with Crippen molar-refractivity contribution in [1.82, 2.24) is 4.31 Å². The summed E-state index contributed by atoms with van der Waals surface area (Å²) in [5.74, 6) is -0.0219. The van der Waals surface area contributed by atoms with Gasteiger partial charge in [0.05, 0.1) is 30.1 Å². The van der Waals surface area contributed by atoms with Gasteiger partial charge in [-0.1, -0.05) is 0 Å². The van der Waals surface area contributed by atoms with Gasteiger partial charge in [-0.25, -0.2) is 16.8 Å². The monoisotopic (exact) mass is 497 g/mol. The van der Waals surface area contributed by atoms with Crippen LogP contribution in [0.4, 0.5) is 11.4 Å². The van der Waals surface area contributed by atoms with E-state index in [4.69, 9.17) is 9.47 Å². The van der Waals surface area contributed by atoms with Crippen LogP contribution in [0.3, 0.4) is 0 Å². The zero-order chi connectivity index (χ0) is 24.2. The van der Waals surface area contributed by atoms with Gasteiger partial charge < -0.3 is 14.8 Å². The van der Waals surface area contributed by atoms with E-state index < -0.39 is 32.1 Å². The molecule has 12 heteroatoms. The fourth-order valence-electron chi connectivity index (χ4n) is 3.07. The molecule has 1 aliphatic rings. The van der Waals surface area contributed by atoms with Crippen LogP contribution in [0.25, 0.3) is 0 Å². The van der Waals surface area contributed by atoms with Gasteiger partial charge in [0.25, 0.3) is 5.91 Å². The molecule has 2 aromatic rings. The Kier molecular flexibility index (Phi) is 7.62. The van der Waals surface area contributed by atoms with E-state index in [-0.39, 0.29) is 4.90 Å². The molecule has 0 saturated carbocycles. The molecule has 1 heterocycles. The maximum atomic E-state index is 12.7. The third-order valence-electron chi connectivity index (χ3n) is 5.11. The third kappa shape index (κ3) is 6.22. The first-order chi connectivity index (χ1) is 15.5. The highest BCUT2D eigenvalue weighted by Crippen LogP contribution is 2.22. The van der Waals surface area contributed by atoms with E-state index in [0.717, 1.165) is 10.6 Å². The SMILES string of the molecule is CC(Oc1ccc(N(C)S(C)(=O)=O)cc1)C(=O)Nc1ccc(S(=O)(=O)N2CCOCC2)cc1. The first kappa shape index (κ1) is 25.0. The number of carbonyl (C=O) groups excluding carboxylic acids is 1. The average Bonchev–Trinajstić information content (AvgIpc) is 2.79. The predicted octanol–water partition coefficient (Wildman–Crippen LogP) is 1.51. The molecule has 0 aromatic heterocycles. The number of nitrogens with zero attached hydrogens (tertiary/aromatic N) is 2. The fourth-order valence-corrected chi connectivity index (χ4v) is 4.99. The number of morpholine rings is 1. The maximum absolute atomic E-state index is 12.7. The van der Waals surface area contributed by atoms with Crippen LogP contribution in [0.2, 0.25) is 0 Å². The van der Waals surface area contributed by atoms with Gasteiger partial charge in [-0.2, -0.15) is 4.31 Å². The third-order valence-corrected chi connectivity index (χ3v) is 8.23. The molecule has 1 aliphatic heterocycles. The normalized spacial score (nSPS) is 16.1. The van der Waals surface area contributed by atoms with Gasteiger partial charge in [0.2, 0.25) is 20.0 Å². The molecule has 33 heavy (non-hydrogen) atoms. The minimum Gasteiger partial charge on any atom is -0.481 e. The van der Waals surface area contributed by atoms with Crippen LogP contribution in [0, 0.1) is 0 Å². The zero-order valence-corrected chi connectivity index (χ0v) is 20.2. The van der Waals surface area contributed by atoms with Crippen LogP contribution in [0.5, 0.6) is 5.75 Å². The van der Waals surface area contributed by atoms with Crippen LogP contribution in [0.15, 0.2) is 53.4 Å². The molecule has 0 spiro atoms. The van der Waals surface area contributed by atoms with Crippen LogP contribution in [0.1, 0.15) is 6.92 Å². The highest BCUT2D eigenvalue weighted by molar-refractivity contribution is 7.92. The largest absolute Gasteiger partial charge is 0.481 e. The number of benzene rings is 2. The molecule has 3 rings (SSSR count). The molecule has 1 amide bonds. The van der Waals surface area contributed by atoms with E-state index in [0.29, 0.717) is 43.4 Å². The van der Waals surface area contributed by atoms with Crippen molar-refractivity contribution < 1.29 is 31.1 Å². The van der Waals surface area contributed by atoms with Crippen molar-refractivity contribution in [2.24, 2.45) is 0 Å². The Hall–Kier alpha value is -2.67. The summed E-state index contributed by atoms with van der Waals surface area (Å²) in [4.78, 5) is 12.6. The molecule has 0 aliphatic carbocycles. The highest BCUT2D eigenvalue weighted by atomic mass is 32.2. The van der Waals surface area contributed by atoms with Gasteiger partial charge in [-0.3, -0.25) is 9.10 Å². The first-order valence-corrected chi connectivity index (χ1v) is 13.5. The smallest absolute Gasteiger partial charge is 0.265 e. The number of anilines is 2. The van der Waals surface area contributed by atoms with E-state index in [1.807, 2.05) is 0 Å². The molecule has 0 radical (unpaired) electrons. The molecule has 180 valence electrons. The number of rotatable bonds is 8. The van der Waals surface area contributed by atoms with Crippen LogP contribution in [-0.4, -0.2) is 72.8 Å². The second-order valence-corrected chi connectivity index (χ2v) is 11.5. The van der Waals surface area contributed by atoms with E-state index in [2.05, 4.69) is 5.32 Å². The quantitative estimate of drug-likeness (QED) is 0.587. The summed E-state index contributed by atoms with van der Waals surface area (Å²) in [5, 5.41) is 2.69. The van der Waals surface area contributed by atoms with Gasteiger partial charge in [0.1, 0.15) is 5.75 Å². The fraction of sp³-hybridized carbons (Fsp3) is 0.381. The number of nitrogens with one attached hydrogen (secondary N) is 1. The molecule has 10 nitrogen and oxygen atoms in total. The molecule has 1 atom stereocenters. The molecular formula is C21H27N3O7S2. The Morgan fingerprint density at radius 2 is 1.61 bits per heavy atom. The maximum Gasteiger partial charge on any atom is 0.265 e. The lowest BCUT2D eigenvalue weighted by Gasteiger charge is -2.26. The predicted molar refractivity (Wildman–Crippen MR) is 124 cm³/mol. The van der Waals surface area contributed by atoms with Crippen molar-refractivity contribution in [2.75, 3.05) is 49.2 Å². The molecule has 1 fully saturated rings. The lowest BCUT2D eigenvalue weighted by atomic mass is 10.3. The van der Waals surface area contributed by atoms with E-state index in [1.54, 1.807) is 31.2 Å². The Morgan fingerprint density at radius 3 is 2.15 bits per heavy atom. The molecule has 0 bridgehead atoms. The lowest BCUT2D eigenvalue weighted by molar-refractivity contribution is -0.122. The Morgan fingerprint density at radius 1 is 1.03 bits per heavy atom. The van der Waals surface area contributed by atoms with Crippen LogP contribution >= 0.6 is 0 Å². The summed E-state index contributed by atoms with van der Waals surface area (Å²) in [6.45, 7) is 2.91. The number of hydrogen-bond donors (Lipinski definition) is 1. The van der Waals surface area contributed by atoms with E-state index >= 15 is 0 Å². The van der Waals surface area contributed by atoms with E-state index in [1.165, 1.54) is 35.6 Å². The van der Waals surface area contributed by atoms with E-state index in [9.17, 15) is 21.6 Å². The summed E-state index contributed by atoms with van der Waals surface area (Å²) < 4.78 is 61.9. The average molecular weight is 498 g/mol. The van der Waals surface area contributed by atoms with Gasteiger partial charge >= 0.3 is 0 Å². The Bertz CT molecular complexity index is 1180. The number of sulfonamides is 2. The Labute approximate surface area is 194 Å². The Balaban J connectivity index is 1.59. The molecule has 2 aromatic carbocycles.